The molecule has 0 saturated carbocycles. The zero-order chi connectivity index (χ0) is 17.4. The molecule has 0 atom stereocenters. The number of amides is 1. The number of carbonyl (C=O) groups is 1. The first-order chi connectivity index (χ1) is 12.1. The van der Waals surface area contributed by atoms with Gasteiger partial charge in [-0.25, -0.2) is 4.98 Å². The first-order valence-electron chi connectivity index (χ1n) is 7.95. The van der Waals surface area contributed by atoms with Gasteiger partial charge in [-0.2, -0.15) is 0 Å². The fourth-order valence-electron chi connectivity index (χ4n) is 2.64. The lowest BCUT2D eigenvalue weighted by molar-refractivity contribution is 0.103. The summed E-state index contributed by atoms with van der Waals surface area (Å²) >= 11 is 3.16. The average Bonchev–Trinajstić information content (AvgIpc) is 3.19. The molecule has 0 aliphatic rings. The SMILES string of the molecule is Cc1cc(C(=O)Nc2ccccc2-c2nc3ccccc3s2)sc1C. The maximum absolute atomic E-state index is 12.6. The summed E-state index contributed by atoms with van der Waals surface area (Å²) in [6, 6.07) is 17.8. The third kappa shape index (κ3) is 3.08. The highest BCUT2D eigenvalue weighted by atomic mass is 32.1. The van der Waals surface area contributed by atoms with E-state index in [2.05, 4.69) is 11.4 Å². The first-order valence-corrected chi connectivity index (χ1v) is 9.58. The second kappa shape index (κ2) is 6.43. The fraction of sp³-hybridized carbons (Fsp3) is 0.100. The van der Waals surface area contributed by atoms with Gasteiger partial charge in [0.05, 0.1) is 20.8 Å². The molecule has 1 amide bonds. The first kappa shape index (κ1) is 16.0. The Morgan fingerprint density at radius 2 is 1.76 bits per heavy atom. The van der Waals surface area contributed by atoms with E-state index in [-0.39, 0.29) is 5.91 Å². The molecule has 0 bridgehead atoms. The minimum atomic E-state index is -0.0743. The topological polar surface area (TPSA) is 42.0 Å². The molecule has 0 fully saturated rings. The molecule has 4 aromatic rings. The lowest BCUT2D eigenvalue weighted by Gasteiger charge is -2.08. The second-order valence-electron chi connectivity index (χ2n) is 5.84. The van der Waals surface area contributed by atoms with Crippen molar-refractivity contribution in [2.45, 2.75) is 13.8 Å². The standard InChI is InChI=1S/C20H16N2OS2/c1-12-11-18(24-13(12)2)19(23)21-15-8-4-3-7-14(15)20-22-16-9-5-6-10-17(16)25-20/h3-11H,1-2H3,(H,21,23). The summed E-state index contributed by atoms with van der Waals surface area (Å²) in [4.78, 5) is 19.2. The molecule has 5 heteroatoms. The number of fused-ring (bicyclic) bond motifs is 1. The Bertz CT molecular complexity index is 1030. The maximum Gasteiger partial charge on any atom is 0.265 e. The molecule has 1 N–H and O–H groups in total. The number of hydrogen-bond acceptors (Lipinski definition) is 4. The second-order valence-corrected chi connectivity index (χ2v) is 8.12. The number of thiazole rings is 1. The number of anilines is 1. The number of aryl methyl sites for hydroxylation is 2. The summed E-state index contributed by atoms with van der Waals surface area (Å²) in [7, 11) is 0. The molecule has 2 aromatic heterocycles. The molecule has 0 saturated heterocycles. The Morgan fingerprint density at radius 3 is 2.52 bits per heavy atom. The van der Waals surface area contributed by atoms with Crippen molar-refractivity contribution in [1.82, 2.24) is 4.98 Å². The van der Waals surface area contributed by atoms with Crippen LogP contribution in [0.25, 0.3) is 20.8 Å². The fourth-order valence-corrected chi connectivity index (χ4v) is 4.57. The zero-order valence-electron chi connectivity index (χ0n) is 13.9. The monoisotopic (exact) mass is 364 g/mol. The third-order valence-electron chi connectivity index (χ3n) is 4.09. The summed E-state index contributed by atoms with van der Waals surface area (Å²) in [5.41, 5.74) is 3.86. The van der Waals surface area contributed by atoms with Crippen LogP contribution in [0.5, 0.6) is 0 Å². The van der Waals surface area contributed by atoms with Gasteiger partial charge in [0, 0.05) is 10.4 Å². The number of aromatic nitrogens is 1. The van der Waals surface area contributed by atoms with Crippen molar-refractivity contribution >= 4 is 44.5 Å². The molecule has 0 spiro atoms. The minimum Gasteiger partial charge on any atom is -0.321 e. The third-order valence-corrected chi connectivity index (χ3v) is 6.31. The molecule has 0 aliphatic heterocycles. The molecule has 2 aromatic carbocycles. The number of nitrogens with one attached hydrogen (secondary N) is 1. The lowest BCUT2D eigenvalue weighted by Crippen LogP contribution is -2.10. The highest BCUT2D eigenvalue weighted by molar-refractivity contribution is 7.21. The molecule has 3 nitrogen and oxygen atoms in total. The van der Waals surface area contributed by atoms with E-state index in [1.165, 1.54) is 16.2 Å². The Morgan fingerprint density at radius 1 is 1.00 bits per heavy atom. The van der Waals surface area contributed by atoms with Crippen molar-refractivity contribution in [2.24, 2.45) is 0 Å². The van der Waals surface area contributed by atoms with Gasteiger partial charge in [0.1, 0.15) is 5.01 Å². The van der Waals surface area contributed by atoms with Gasteiger partial charge in [0.25, 0.3) is 5.91 Å². The van der Waals surface area contributed by atoms with Crippen LogP contribution in [0.3, 0.4) is 0 Å². The van der Waals surface area contributed by atoms with Crippen LogP contribution in [-0.4, -0.2) is 10.9 Å². The van der Waals surface area contributed by atoms with Gasteiger partial charge in [0.15, 0.2) is 0 Å². The van der Waals surface area contributed by atoms with Crippen molar-refractivity contribution < 1.29 is 4.79 Å². The van der Waals surface area contributed by atoms with Crippen molar-refractivity contribution in [3.63, 3.8) is 0 Å². The van der Waals surface area contributed by atoms with E-state index in [4.69, 9.17) is 4.98 Å². The number of nitrogens with zero attached hydrogens (tertiary/aromatic N) is 1. The van der Waals surface area contributed by atoms with Crippen LogP contribution in [0, 0.1) is 13.8 Å². The van der Waals surface area contributed by atoms with Crippen LogP contribution >= 0.6 is 22.7 Å². The molecule has 124 valence electrons. The number of para-hydroxylation sites is 2. The number of hydrogen-bond donors (Lipinski definition) is 1. The molecule has 0 unspecified atom stereocenters. The van der Waals surface area contributed by atoms with E-state index in [1.807, 2.05) is 62.4 Å². The van der Waals surface area contributed by atoms with Crippen molar-refractivity contribution in [2.75, 3.05) is 5.32 Å². The summed E-state index contributed by atoms with van der Waals surface area (Å²) in [5.74, 6) is -0.0743. The number of rotatable bonds is 3. The predicted molar refractivity (Wildman–Crippen MR) is 107 cm³/mol. The largest absolute Gasteiger partial charge is 0.321 e. The summed E-state index contributed by atoms with van der Waals surface area (Å²) < 4.78 is 1.14. The van der Waals surface area contributed by atoms with Crippen LogP contribution in [-0.2, 0) is 0 Å². The summed E-state index contributed by atoms with van der Waals surface area (Å²) in [5, 5.41) is 3.96. The van der Waals surface area contributed by atoms with E-state index < -0.39 is 0 Å². The van der Waals surface area contributed by atoms with E-state index in [0.29, 0.717) is 0 Å². The van der Waals surface area contributed by atoms with E-state index in [1.54, 1.807) is 11.3 Å². The van der Waals surface area contributed by atoms with E-state index in [9.17, 15) is 4.79 Å². The number of carbonyl (C=O) groups excluding carboxylic acids is 1. The normalized spacial score (nSPS) is 11.0. The Labute approximate surface area is 154 Å². The molecule has 25 heavy (non-hydrogen) atoms. The summed E-state index contributed by atoms with van der Waals surface area (Å²) in [6.45, 7) is 4.06. The van der Waals surface area contributed by atoms with Crippen LogP contribution < -0.4 is 5.32 Å². The number of benzene rings is 2. The van der Waals surface area contributed by atoms with Gasteiger partial charge in [-0.1, -0.05) is 24.3 Å². The van der Waals surface area contributed by atoms with Crippen molar-refractivity contribution in [3.05, 3.63) is 69.9 Å². The Hall–Kier alpha value is -2.50. The van der Waals surface area contributed by atoms with Gasteiger partial charge in [-0.15, -0.1) is 22.7 Å². The quantitative estimate of drug-likeness (QED) is 0.492. The van der Waals surface area contributed by atoms with E-state index >= 15 is 0 Å². The van der Waals surface area contributed by atoms with Crippen LogP contribution in [0.15, 0.2) is 54.6 Å². The smallest absolute Gasteiger partial charge is 0.265 e. The molecular weight excluding hydrogens is 348 g/mol. The van der Waals surface area contributed by atoms with Gasteiger partial charge >= 0.3 is 0 Å². The van der Waals surface area contributed by atoms with Crippen LogP contribution in [0.4, 0.5) is 5.69 Å². The molecule has 4 rings (SSSR count). The molecule has 0 radical (unpaired) electrons. The zero-order valence-corrected chi connectivity index (χ0v) is 15.5. The minimum absolute atomic E-state index is 0.0743. The Balaban J connectivity index is 1.70. The Kier molecular flexibility index (Phi) is 4.11. The van der Waals surface area contributed by atoms with Gasteiger partial charge in [-0.3, -0.25) is 4.79 Å². The van der Waals surface area contributed by atoms with Crippen LogP contribution in [0.1, 0.15) is 20.1 Å². The maximum atomic E-state index is 12.6. The van der Waals surface area contributed by atoms with Crippen LogP contribution in [0.2, 0.25) is 0 Å². The van der Waals surface area contributed by atoms with Gasteiger partial charge < -0.3 is 5.32 Å². The molecular formula is C20H16N2OS2. The molecule has 0 aliphatic carbocycles. The lowest BCUT2D eigenvalue weighted by atomic mass is 10.2. The van der Waals surface area contributed by atoms with Crippen molar-refractivity contribution in [3.8, 4) is 10.6 Å². The van der Waals surface area contributed by atoms with E-state index in [0.717, 1.165) is 36.9 Å². The predicted octanol–water partition coefficient (Wildman–Crippen LogP) is 5.89. The molecule has 2 heterocycles. The van der Waals surface area contributed by atoms with Gasteiger partial charge in [-0.05, 0) is 49.7 Å². The number of thiophene rings is 1. The average molecular weight is 364 g/mol. The van der Waals surface area contributed by atoms with Crippen molar-refractivity contribution in [1.29, 1.82) is 0 Å². The van der Waals surface area contributed by atoms with Gasteiger partial charge in [0.2, 0.25) is 0 Å². The highest BCUT2D eigenvalue weighted by Gasteiger charge is 2.15. The highest BCUT2D eigenvalue weighted by Crippen LogP contribution is 2.34. The summed E-state index contributed by atoms with van der Waals surface area (Å²) in [6.07, 6.45) is 0.